The number of aromatic nitrogens is 1. The highest BCUT2D eigenvalue weighted by Crippen LogP contribution is 2.20. The average molecular weight is 466 g/mol. The Labute approximate surface area is 172 Å². The Morgan fingerprint density at radius 3 is 2.85 bits per heavy atom. The van der Waals surface area contributed by atoms with Gasteiger partial charge in [-0.3, -0.25) is 9.98 Å². The highest BCUT2D eigenvalue weighted by Gasteiger charge is 2.24. The molecule has 1 atom stereocenters. The number of hydrogen-bond donors (Lipinski definition) is 1. The first-order valence-corrected chi connectivity index (χ1v) is 8.87. The summed E-state index contributed by atoms with van der Waals surface area (Å²) in [4.78, 5) is 10.8. The van der Waals surface area contributed by atoms with Crippen LogP contribution in [0.4, 0.5) is 0 Å². The smallest absolute Gasteiger partial charge is 0.193 e. The lowest BCUT2D eigenvalue weighted by molar-refractivity contribution is 0.318. The second-order valence-corrected chi connectivity index (χ2v) is 6.30. The summed E-state index contributed by atoms with van der Waals surface area (Å²) in [7, 11) is 1.84. The zero-order valence-corrected chi connectivity index (χ0v) is 17.5. The van der Waals surface area contributed by atoms with Crippen LogP contribution in [0.15, 0.2) is 59.9 Å². The summed E-state index contributed by atoms with van der Waals surface area (Å²) < 4.78 is 5.67. The monoisotopic (exact) mass is 466 g/mol. The van der Waals surface area contributed by atoms with Crippen LogP contribution in [0, 0.1) is 5.92 Å². The van der Waals surface area contributed by atoms with E-state index in [-0.39, 0.29) is 24.0 Å². The van der Waals surface area contributed by atoms with E-state index in [0.29, 0.717) is 12.5 Å². The molecule has 0 aliphatic carbocycles. The number of pyridine rings is 1. The third kappa shape index (κ3) is 6.16. The first-order chi connectivity index (χ1) is 12.3. The van der Waals surface area contributed by atoms with Gasteiger partial charge in [-0.1, -0.05) is 30.3 Å². The molecule has 140 valence electrons. The van der Waals surface area contributed by atoms with Gasteiger partial charge in [-0.2, -0.15) is 0 Å². The van der Waals surface area contributed by atoms with Crippen LogP contribution in [0.2, 0.25) is 0 Å². The largest absolute Gasteiger partial charge is 0.490 e. The lowest BCUT2D eigenvalue weighted by Crippen LogP contribution is -2.41. The third-order valence-electron chi connectivity index (χ3n) is 4.45. The van der Waals surface area contributed by atoms with E-state index in [1.54, 1.807) is 12.4 Å². The molecule has 0 saturated carbocycles. The fourth-order valence-corrected chi connectivity index (χ4v) is 3.24. The van der Waals surface area contributed by atoms with Gasteiger partial charge in [-0.15, -0.1) is 24.0 Å². The van der Waals surface area contributed by atoms with Crippen LogP contribution in [-0.2, 0) is 6.42 Å². The van der Waals surface area contributed by atoms with E-state index >= 15 is 0 Å². The zero-order valence-electron chi connectivity index (χ0n) is 15.2. The topological polar surface area (TPSA) is 49.8 Å². The van der Waals surface area contributed by atoms with Crippen molar-refractivity contribution in [3.8, 4) is 5.75 Å². The molecule has 6 heteroatoms. The average Bonchev–Trinajstić information content (AvgIpc) is 3.12. The molecule has 0 bridgehead atoms. The molecule has 1 unspecified atom stereocenters. The minimum Gasteiger partial charge on any atom is -0.490 e. The van der Waals surface area contributed by atoms with Crippen molar-refractivity contribution in [3.05, 3.63) is 60.4 Å². The molecule has 1 aromatic heterocycles. The van der Waals surface area contributed by atoms with E-state index in [0.717, 1.165) is 37.8 Å². The maximum atomic E-state index is 5.67. The van der Waals surface area contributed by atoms with Gasteiger partial charge in [0, 0.05) is 26.3 Å². The number of nitrogens with one attached hydrogen (secondary N) is 1. The van der Waals surface area contributed by atoms with Crippen molar-refractivity contribution in [1.29, 1.82) is 0 Å². The lowest BCUT2D eigenvalue weighted by Gasteiger charge is -2.21. The van der Waals surface area contributed by atoms with Crippen molar-refractivity contribution in [1.82, 2.24) is 15.2 Å². The van der Waals surface area contributed by atoms with Crippen LogP contribution in [0.25, 0.3) is 0 Å². The summed E-state index contributed by atoms with van der Waals surface area (Å²) >= 11 is 0. The molecule has 1 fully saturated rings. The van der Waals surface area contributed by atoms with Gasteiger partial charge in [-0.25, -0.2) is 0 Å². The van der Waals surface area contributed by atoms with Crippen LogP contribution >= 0.6 is 24.0 Å². The van der Waals surface area contributed by atoms with Crippen molar-refractivity contribution in [2.75, 3.05) is 33.3 Å². The van der Waals surface area contributed by atoms with E-state index in [9.17, 15) is 0 Å². The molecular formula is C20H27IN4O. The van der Waals surface area contributed by atoms with Gasteiger partial charge in [0.15, 0.2) is 5.96 Å². The maximum absolute atomic E-state index is 5.67. The van der Waals surface area contributed by atoms with Crippen LogP contribution in [0.3, 0.4) is 0 Å². The minimum atomic E-state index is 0. The molecule has 5 nitrogen and oxygen atoms in total. The van der Waals surface area contributed by atoms with Gasteiger partial charge in [0.05, 0.1) is 12.7 Å². The van der Waals surface area contributed by atoms with Gasteiger partial charge in [0.25, 0.3) is 0 Å². The molecule has 0 radical (unpaired) electrons. The molecule has 2 heterocycles. The number of halogens is 1. The number of guanidine groups is 1. The SMILES string of the molecule is CN=C(NCCOc1cccnc1)N1CCC(Cc2ccccc2)C1.I. The first-order valence-electron chi connectivity index (χ1n) is 8.87. The van der Waals surface area contributed by atoms with Gasteiger partial charge in [-0.05, 0) is 36.5 Å². The number of hydrogen-bond acceptors (Lipinski definition) is 3. The van der Waals surface area contributed by atoms with Crippen molar-refractivity contribution < 1.29 is 4.74 Å². The molecule has 1 aliphatic rings. The molecule has 0 spiro atoms. The Bertz CT molecular complexity index is 666. The van der Waals surface area contributed by atoms with Crippen LogP contribution < -0.4 is 10.1 Å². The lowest BCUT2D eigenvalue weighted by atomic mass is 9.99. The zero-order chi connectivity index (χ0) is 17.3. The first kappa shape index (κ1) is 20.5. The number of aliphatic imine (C=N–C) groups is 1. The Kier molecular flexibility index (Phi) is 8.67. The Hall–Kier alpha value is -1.83. The van der Waals surface area contributed by atoms with Crippen molar-refractivity contribution in [2.45, 2.75) is 12.8 Å². The van der Waals surface area contributed by atoms with Gasteiger partial charge >= 0.3 is 0 Å². The number of ether oxygens (including phenoxy) is 1. The van der Waals surface area contributed by atoms with Crippen molar-refractivity contribution in [2.24, 2.45) is 10.9 Å². The second-order valence-electron chi connectivity index (χ2n) is 6.30. The Balaban J connectivity index is 0.00000243. The molecule has 2 aromatic rings. The van der Waals surface area contributed by atoms with E-state index in [4.69, 9.17) is 4.74 Å². The summed E-state index contributed by atoms with van der Waals surface area (Å²) in [5.41, 5.74) is 1.42. The predicted molar refractivity (Wildman–Crippen MR) is 116 cm³/mol. The molecule has 1 N–H and O–H groups in total. The number of rotatable bonds is 6. The summed E-state index contributed by atoms with van der Waals surface area (Å²) in [5, 5.41) is 3.40. The standard InChI is InChI=1S/C20H26N4O.HI/c1-21-20(23-11-13-25-19-8-5-10-22-15-19)24-12-9-18(16-24)14-17-6-3-2-4-7-17;/h2-8,10,15,18H,9,11-14,16H2,1H3,(H,21,23);1H. The highest BCUT2D eigenvalue weighted by molar-refractivity contribution is 14.0. The fraction of sp³-hybridized carbons (Fsp3) is 0.400. The minimum absolute atomic E-state index is 0. The molecule has 1 saturated heterocycles. The van der Waals surface area contributed by atoms with Gasteiger partial charge in [0.1, 0.15) is 12.4 Å². The van der Waals surface area contributed by atoms with Crippen LogP contribution in [0.5, 0.6) is 5.75 Å². The summed E-state index contributed by atoms with van der Waals surface area (Å²) in [5.74, 6) is 2.45. The predicted octanol–water partition coefficient (Wildman–Crippen LogP) is 3.22. The van der Waals surface area contributed by atoms with Gasteiger partial charge in [0.2, 0.25) is 0 Å². The Morgan fingerprint density at radius 1 is 1.27 bits per heavy atom. The second kappa shape index (κ2) is 11.0. The molecule has 1 aliphatic heterocycles. The van der Waals surface area contributed by atoms with E-state index < -0.39 is 0 Å². The molecular weight excluding hydrogens is 439 g/mol. The fourth-order valence-electron chi connectivity index (χ4n) is 3.24. The molecule has 3 rings (SSSR count). The quantitative estimate of drug-likeness (QED) is 0.308. The Morgan fingerprint density at radius 2 is 2.12 bits per heavy atom. The normalized spacial score (nSPS) is 16.9. The summed E-state index contributed by atoms with van der Waals surface area (Å²) in [6.45, 7) is 3.42. The molecule has 26 heavy (non-hydrogen) atoms. The number of benzene rings is 1. The highest BCUT2D eigenvalue weighted by atomic mass is 127. The molecule has 0 amide bonds. The van der Waals surface area contributed by atoms with Crippen molar-refractivity contribution in [3.63, 3.8) is 0 Å². The molecule has 1 aromatic carbocycles. The van der Waals surface area contributed by atoms with E-state index in [1.165, 1.54) is 12.0 Å². The van der Waals surface area contributed by atoms with Crippen LogP contribution in [0.1, 0.15) is 12.0 Å². The van der Waals surface area contributed by atoms with Crippen LogP contribution in [-0.4, -0.2) is 49.1 Å². The van der Waals surface area contributed by atoms with Crippen molar-refractivity contribution >= 4 is 29.9 Å². The van der Waals surface area contributed by atoms with E-state index in [2.05, 4.69) is 50.5 Å². The third-order valence-corrected chi connectivity index (χ3v) is 4.45. The number of nitrogens with zero attached hydrogens (tertiary/aromatic N) is 3. The van der Waals surface area contributed by atoms with Gasteiger partial charge < -0.3 is 15.0 Å². The summed E-state index contributed by atoms with van der Waals surface area (Å²) in [6, 6.07) is 14.5. The maximum Gasteiger partial charge on any atom is 0.193 e. The van der Waals surface area contributed by atoms with E-state index in [1.807, 2.05) is 19.2 Å². The number of likely N-dealkylation sites (tertiary alicyclic amines) is 1. The summed E-state index contributed by atoms with van der Waals surface area (Å²) in [6.07, 6.45) is 5.82.